The molecule has 0 radical (unpaired) electrons. The van der Waals surface area contributed by atoms with Crippen LogP contribution in [-0.4, -0.2) is 61.8 Å². The van der Waals surface area contributed by atoms with Gasteiger partial charge in [-0.2, -0.15) is 4.31 Å². The van der Waals surface area contributed by atoms with E-state index >= 15 is 0 Å². The fourth-order valence-corrected chi connectivity index (χ4v) is 5.36. The number of carbonyl (C=O) groups is 2. The van der Waals surface area contributed by atoms with E-state index in [-0.39, 0.29) is 16.4 Å². The Hall–Kier alpha value is -1.93. The van der Waals surface area contributed by atoms with E-state index < -0.39 is 22.1 Å². The maximum atomic E-state index is 12.8. The highest BCUT2D eigenvalue weighted by molar-refractivity contribution is 7.89. The number of ether oxygens (including phenoxy) is 1. The van der Waals surface area contributed by atoms with E-state index in [1.165, 1.54) is 28.6 Å². The fourth-order valence-electron chi connectivity index (χ4n) is 3.84. The van der Waals surface area contributed by atoms with Crippen molar-refractivity contribution in [3.8, 4) is 0 Å². The van der Waals surface area contributed by atoms with Crippen molar-refractivity contribution in [3.05, 3.63) is 29.8 Å². The smallest absolute Gasteiger partial charge is 0.338 e. The Kier molecular flexibility index (Phi) is 7.29. The van der Waals surface area contributed by atoms with Gasteiger partial charge in [-0.05, 0) is 63.3 Å². The molecule has 0 N–H and O–H groups in total. The zero-order valence-corrected chi connectivity index (χ0v) is 17.8. The summed E-state index contributed by atoms with van der Waals surface area (Å²) >= 11 is 0. The number of benzene rings is 1. The highest BCUT2D eigenvalue weighted by atomic mass is 32.2. The van der Waals surface area contributed by atoms with Crippen molar-refractivity contribution in [2.75, 3.05) is 26.2 Å². The molecule has 2 fully saturated rings. The standard InChI is InChI=1S/C21H30N2O5S/c1-17(20(24)22-13-5-4-6-14-22)28-21(25)18-9-11-19(12-10-18)29(26,27)23-15-7-2-3-8-16-23/h9-12,17H,2-8,13-16H2,1H3/t17-/m1/s1. The molecule has 2 saturated heterocycles. The van der Waals surface area contributed by atoms with Gasteiger partial charge in [0.1, 0.15) is 0 Å². The summed E-state index contributed by atoms with van der Waals surface area (Å²) in [5, 5.41) is 0. The van der Waals surface area contributed by atoms with Crippen molar-refractivity contribution >= 4 is 21.9 Å². The molecule has 7 nitrogen and oxygen atoms in total. The van der Waals surface area contributed by atoms with Gasteiger partial charge in [0, 0.05) is 26.2 Å². The molecule has 2 heterocycles. The molecule has 0 saturated carbocycles. The van der Waals surface area contributed by atoms with Gasteiger partial charge in [0.25, 0.3) is 5.91 Å². The number of nitrogens with zero attached hydrogens (tertiary/aromatic N) is 2. The molecule has 1 atom stereocenters. The van der Waals surface area contributed by atoms with E-state index in [1.54, 1.807) is 11.8 Å². The summed E-state index contributed by atoms with van der Waals surface area (Å²) in [6.45, 7) is 4.03. The van der Waals surface area contributed by atoms with Gasteiger partial charge < -0.3 is 9.64 Å². The van der Waals surface area contributed by atoms with E-state index in [0.717, 1.165) is 44.9 Å². The zero-order valence-electron chi connectivity index (χ0n) is 17.0. The van der Waals surface area contributed by atoms with Crippen molar-refractivity contribution in [2.24, 2.45) is 0 Å². The number of carbonyl (C=O) groups excluding carboxylic acids is 2. The Morgan fingerprint density at radius 3 is 1.97 bits per heavy atom. The lowest BCUT2D eigenvalue weighted by molar-refractivity contribution is -0.140. The van der Waals surface area contributed by atoms with Crippen molar-refractivity contribution < 1.29 is 22.7 Å². The minimum absolute atomic E-state index is 0.174. The Morgan fingerprint density at radius 2 is 1.38 bits per heavy atom. The monoisotopic (exact) mass is 422 g/mol. The van der Waals surface area contributed by atoms with Gasteiger partial charge in [-0.1, -0.05) is 12.8 Å². The third kappa shape index (κ3) is 5.36. The molecule has 29 heavy (non-hydrogen) atoms. The Bertz CT molecular complexity index is 808. The van der Waals surface area contributed by atoms with Crippen LogP contribution in [-0.2, 0) is 19.6 Å². The lowest BCUT2D eigenvalue weighted by Crippen LogP contribution is -2.42. The van der Waals surface area contributed by atoms with E-state index in [1.807, 2.05) is 0 Å². The van der Waals surface area contributed by atoms with Crippen LogP contribution in [0.5, 0.6) is 0 Å². The molecule has 3 rings (SSSR count). The number of sulfonamides is 1. The molecule has 8 heteroatoms. The first-order valence-electron chi connectivity index (χ1n) is 10.5. The van der Waals surface area contributed by atoms with Gasteiger partial charge in [0.05, 0.1) is 10.5 Å². The molecule has 0 aromatic heterocycles. The SMILES string of the molecule is C[C@@H](OC(=O)c1ccc(S(=O)(=O)N2CCCCCC2)cc1)C(=O)N1CCCCC1. The summed E-state index contributed by atoms with van der Waals surface area (Å²) in [4.78, 5) is 26.7. The number of rotatable bonds is 5. The number of amides is 1. The Balaban J connectivity index is 1.62. The van der Waals surface area contributed by atoms with Gasteiger partial charge >= 0.3 is 5.97 Å². The van der Waals surface area contributed by atoms with E-state index in [4.69, 9.17) is 4.74 Å². The van der Waals surface area contributed by atoms with Crippen LogP contribution in [0.3, 0.4) is 0 Å². The molecule has 2 aliphatic rings. The average Bonchev–Trinajstić information content (AvgIpc) is 3.04. The minimum atomic E-state index is -3.56. The van der Waals surface area contributed by atoms with Crippen LogP contribution < -0.4 is 0 Å². The van der Waals surface area contributed by atoms with Crippen molar-refractivity contribution in [1.82, 2.24) is 9.21 Å². The molecule has 1 aromatic carbocycles. The lowest BCUT2D eigenvalue weighted by atomic mass is 10.1. The molecule has 1 amide bonds. The summed E-state index contributed by atoms with van der Waals surface area (Å²) in [6.07, 6.45) is 6.03. The number of piperidine rings is 1. The van der Waals surface area contributed by atoms with Crippen LogP contribution in [0.25, 0.3) is 0 Å². The van der Waals surface area contributed by atoms with Crippen LogP contribution in [0.4, 0.5) is 0 Å². The molecule has 2 aliphatic heterocycles. The molecular weight excluding hydrogens is 392 g/mol. The summed E-state index contributed by atoms with van der Waals surface area (Å²) in [6, 6.07) is 5.78. The van der Waals surface area contributed by atoms with Crippen LogP contribution in [0, 0.1) is 0 Å². The summed E-state index contributed by atoms with van der Waals surface area (Å²) in [5.41, 5.74) is 0.234. The molecule has 0 unspecified atom stereocenters. The van der Waals surface area contributed by atoms with Gasteiger partial charge in [0.2, 0.25) is 10.0 Å². The van der Waals surface area contributed by atoms with Crippen molar-refractivity contribution in [1.29, 1.82) is 0 Å². The Labute approximate surface area is 173 Å². The number of hydrogen-bond donors (Lipinski definition) is 0. The van der Waals surface area contributed by atoms with Crippen LogP contribution >= 0.6 is 0 Å². The first kappa shape index (κ1) is 21.8. The lowest BCUT2D eigenvalue weighted by Gasteiger charge is -2.28. The third-order valence-corrected chi connectivity index (χ3v) is 7.51. The van der Waals surface area contributed by atoms with Crippen LogP contribution in [0.2, 0.25) is 0 Å². The molecule has 0 aliphatic carbocycles. The Morgan fingerprint density at radius 1 is 0.862 bits per heavy atom. The van der Waals surface area contributed by atoms with Gasteiger partial charge in [0.15, 0.2) is 6.10 Å². The van der Waals surface area contributed by atoms with Gasteiger partial charge in [-0.15, -0.1) is 0 Å². The van der Waals surface area contributed by atoms with Gasteiger partial charge in [-0.3, -0.25) is 4.79 Å². The maximum Gasteiger partial charge on any atom is 0.338 e. The zero-order chi connectivity index (χ0) is 20.9. The number of esters is 1. The van der Waals surface area contributed by atoms with E-state index in [2.05, 4.69) is 0 Å². The van der Waals surface area contributed by atoms with Gasteiger partial charge in [-0.25, -0.2) is 13.2 Å². The molecule has 160 valence electrons. The predicted octanol–water partition coefficient (Wildman–Crippen LogP) is 2.81. The maximum absolute atomic E-state index is 12.8. The second-order valence-corrected chi connectivity index (χ2v) is 9.71. The second kappa shape index (κ2) is 9.71. The predicted molar refractivity (Wildman–Crippen MR) is 109 cm³/mol. The quantitative estimate of drug-likeness (QED) is 0.682. The second-order valence-electron chi connectivity index (χ2n) is 7.78. The van der Waals surface area contributed by atoms with E-state index in [0.29, 0.717) is 26.2 Å². The topological polar surface area (TPSA) is 84.0 Å². The van der Waals surface area contributed by atoms with Crippen LogP contribution in [0.15, 0.2) is 29.2 Å². The summed E-state index contributed by atoms with van der Waals surface area (Å²) in [5.74, 6) is -0.806. The molecular formula is C21H30N2O5S. The molecule has 0 spiro atoms. The van der Waals surface area contributed by atoms with Crippen LogP contribution in [0.1, 0.15) is 62.2 Å². The first-order valence-corrected chi connectivity index (χ1v) is 11.9. The third-order valence-electron chi connectivity index (χ3n) is 5.59. The first-order chi connectivity index (χ1) is 13.9. The number of likely N-dealkylation sites (tertiary alicyclic amines) is 1. The highest BCUT2D eigenvalue weighted by Crippen LogP contribution is 2.21. The molecule has 0 bridgehead atoms. The fraction of sp³-hybridized carbons (Fsp3) is 0.619. The highest BCUT2D eigenvalue weighted by Gasteiger charge is 2.27. The molecule has 1 aromatic rings. The number of hydrogen-bond acceptors (Lipinski definition) is 5. The average molecular weight is 423 g/mol. The van der Waals surface area contributed by atoms with E-state index in [9.17, 15) is 18.0 Å². The largest absolute Gasteiger partial charge is 0.449 e. The van der Waals surface area contributed by atoms with Crippen molar-refractivity contribution in [3.63, 3.8) is 0 Å². The normalized spacial score (nSPS) is 20.0. The minimum Gasteiger partial charge on any atom is -0.449 e. The summed E-state index contributed by atoms with van der Waals surface area (Å²) in [7, 11) is -3.56. The summed E-state index contributed by atoms with van der Waals surface area (Å²) < 4.78 is 32.5. The van der Waals surface area contributed by atoms with Crippen molar-refractivity contribution in [2.45, 2.75) is 62.9 Å².